The van der Waals surface area contributed by atoms with Gasteiger partial charge in [0.05, 0.1) is 7.11 Å². The summed E-state index contributed by atoms with van der Waals surface area (Å²) in [4.78, 5) is 11.7. The van der Waals surface area contributed by atoms with E-state index in [1.165, 1.54) is 0 Å². The van der Waals surface area contributed by atoms with Crippen molar-refractivity contribution < 1.29 is 14.3 Å². The predicted octanol–water partition coefficient (Wildman–Crippen LogP) is 1.67. The summed E-state index contributed by atoms with van der Waals surface area (Å²) in [7, 11) is 1.61. The topological polar surface area (TPSA) is 59.6 Å². The molecule has 0 atom stereocenters. The second-order valence-electron chi connectivity index (χ2n) is 4.56. The highest BCUT2D eigenvalue weighted by Crippen LogP contribution is 2.18. The number of para-hydroxylation sites is 1. The fraction of sp³-hybridized carbons (Fsp3) is 0.500. The number of carbonyl (C=O) groups is 1. The molecule has 1 amide bonds. The first kappa shape index (κ1) is 13.7. The zero-order chi connectivity index (χ0) is 13.5. The smallest absolute Gasteiger partial charge is 0.407 e. The van der Waals surface area contributed by atoms with Crippen LogP contribution in [0.25, 0.3) is 0 Å². The molecule has 0 aliphatic carbocycles. The maximum Gasteiger partial charge on any atom is 0.407 e. The summed E-state index contributed by atoms with van der Waals surface area (Å²) in [6.45, 7) is 2.11. The number of hydrogen-bond donors (Lipinski definition) is 2. The Kier molecular flexibility index (Phi) is 5.03. The van der Waals surface area contributed by atoms with Crippen LogP contribution in [0.1, 0.15) is 18.4 Å². The van der Waals surface area contributed by atoms with Crippen molar-refractivity contribution in [2.75, 3.05) is 20.2 Å². The van der Waals surface area contributed by atoms with E-state index in [1.54, 1.807) is 7.11 Å². The number of nitrogens with one attached hydrogen (secondary N) is 2. The Morgan fingerprint density at radius 2 is 2.11 bits per heavy atom. The molecule has 1 heterocycles. The van der Waals surface area contributed by atoms with Gasteiger partial charge in [-0.15, -0.1) is 0 Å². The first-order valence-corrected chi connectivity index (χ1v) is 6.55. The molecule has 0 radical (unpaired) electrons. The van der Waals surface area contributed by atoms with Crippen molar-refractivity contribution in [3.63, 3.8) is 0 Å². The average molecular weight is 264 g/mol. The van der Waals surface area contributed by atoms with Gasteiger partial charge in [0.2, 0.25) is 0 Å². The van der Waals surface area contributed by atoms with E-state index in [9.17, 15) is 4.79 Å². The highest BCUT2D eigenvalue weighted by Gasteiger charge is 2.16. The quantitative estimate of drug-likeness (QED) is 0.868. The normalized spacial score (nSPS) is 15.8. The Morgan fingerprint density at radius 1 is 1.37 bits per heavy atom. The number of carbonyl (C=O) groups excluding carboxylic acids is 1. The van der Waals surface area contributed by atoms with Gasteiger partial charge in [-0.3, -0.25) is 0 Å². The van der Waals surface area contributed by atoms with Crippen molar-refractivity contribution in [2.24, 2.45) is 0 Å². The molecule has 1 aliphatic rings. The summed E-state index contributed by atoms with van der Waals surface area (Å²) < 4.78 is 10.4. The maximum atomic E-state index is 11.7. The van der Waals surface area contributed by atoms with Crippen molar-refractivity contribution in [1.82, 2.24) is 10.6 Å². The van der Waals surface area contributed by atoms with Crippen LogP contribution in [0.3, 0.4) is 0 Å². The number of hydrogen-bond acceptors (Lipinski definition) is 4. The van der Waals surface area contributed by atoms with Crippen molar-refractivity contribution in [3.8, 4) is 5.75 Å². The Hall–Kier alpha value is -1.75. The van der Waals surface area contributed by atoms with E-state index in [1.807, 2.05) is 24.3 Å². The van der Waals surface area contributed by atoms with E-state index in [2.05, 4.69) is 10.6 Å². The minimum Gasteiger partial charge on any atom is -0.496 e. The summed E-state index contributed by atoms with van der Waals surface area (Å²) in [5.41, 5.74) is 0.866. The second kappa shape index (κ2) is 6.99. The third kappa shape index (κ3) is 4.13. The molecule has 0 spiro atoms. The minimum atomic E-state index is -0.363. The summed E-state index contributed by atoms with van der Waals surface area (Å²) in [6, 6.07) is 7.73. The van der Waals surface area contributed by atoms with Crippen LogP contribution < -0.4 is 15.4 Å². The molecular weight excluding hydrogens is 244 g/mol. The number of rotatable bonds is 4. The van der Waals surface area contributed by atoms with E-state index in [4.69, 9.17) is 9.47 Å². The van der Waals surface area contributed by atoms with Gasteiger partial charge in [0.1, 0.15) is 12.4 Å². The lowest BCUT2D eigenvalue weighted by Gasteiger charge is -2.23. The lowest BCUT2D eigenvalue weighted by atomic mass is 10.1. The molecule has 2 N–H and O–H groups in total. The van der Waals surface area contributed by atoms with Gasteiger partial charge < -0.3 is 20.1 Å². The zero-order valence-corrected chi connectivity index (χ0v) is 11.1. The van der Waals surface area contributed by atoms with E-state index in [0.717, 1.165) is 37.2 Å². The Morgan fingerprint density at radius 3 is 2.84 bits per heavy atom. The highest BCUT2D eigenvalue weighted by atomic mass is 16.5. The number of ether oxygens (including phenoxy) is 2. The molecule has 19 heavy (non-hydrogen) atoms. The molecule has 0 saturated carbocycles. The fourth-order valence-electron chi connectivity index (χ4n) is 2.14. The summed E-state index contributed by atoms with van der Waals surface area (Å²) >= 11 is 0. The van der Waals surface area contributed by atoms with Gasteiger partial charge >= 0.3 is 6.09 Å². The molecular formula is C14H20N2O3. The van der Waals surface area contributed by atoms with Gasteiger partial charge in [-0.1, -0.05) is 18.2 Å². The molecule has 1 saturated heterocycles. The van der Waals surface area contributed by atoms with Gasteiger partial charge in [0.15, 0.2) is 0 Å². The number of amides is 1. The van der Waals surface area contributed by atoms with Crippen LogP contribution in [0.2, 0.25) is 0 Å². The Balaban J connectivity index is 1.79. The molecule has 1 aromatic rings. The Bertz CT molecular complexity index is 417. The third-order valence-electron chi connectivity index (χ3n) is 3.21. The van der Waals surface area contributed by atoms with Crippen LogP contribution >= 0.6 is 0 Å². The van der Waals surface area contributed by atoms with Crippen molar-refractivity contribution in [3.05, 3.63) is 29.8 Å². The molecule has 0 aromatic heterocycles. The standard InChI is InChI=1S/C14H20N2O3/c1-18-13-5-3-2-4-11(13)10-19-14(17)16-12-6-8-15-9-7-12/h2-5,12,15H,6-10H2,1H3,(H,16,17). The molecule has 0 bridgehead atoms. The first-order chi connectivity index (χ1) is 9.29. The van der Waals surface area contributed by atoms with E-state index in [0.29, 0.717) is 0 Å². The first-order valence-electron chi connectivity index (χ1n) is 6.55. The molecule has 5 nitrogen and oxygen atoms in total. The SMILES string of the molecule is COc1ccccc1COC(=O)NC1CCNCC1. The summed E-state index contributed by atoms with van der Waals surface area (Å²) in [6.07, 6.45) is 1.53. The van der Waals surface area contributed by atoms with Crippen molar-refractivity contribution >= 4 is 6.09 Å². The summed E-state index contributed by atoms with van der Waals surface area (Å²) in [5, 5.41) is 6.14. The molecule has 1 aromatic carbocycles. The van der Waals surface area contributed by atoms with E-state index >= 15 is 0 Å². The van der Waals surface area contributed by atoms with E-state index < -0.39 is 0 Å². The van der Waals surface area contributed by atoms with Crippen LogP contribution in [0.15, 0.2) is 24.3 Å². The van der Waals surface area contributed by atoms with Gasteiger partial charge in [-0.25, -0.2) is 4.79 Å². The van der Waals surface area contributed by atoms with Gasteiger partial charge in [0.25, 0.3) is 0 Å². The number of methoxy groups -OCH3 is 1. The maximum absolute atomic E-state index is 11.7. The number of benzene rings is 1. The third-order valence-corrected chi connectivity index (χ3v) is 3.21. The monoisotopic (exact) mass is 264 g/mol. The summed E-state index contributed by atoms with van der Waals surface area (Å²) in [5.74, 6) is 0.733. The lowest BCUT2D eigenvalue weighted by molar-refractivity contribution is 0.132. The zero-order valence-electron chi connectivity index (χ0n) is 11.1. The second-order valence-corrected chi connectivity index (χ2v) is 4.56. The van der Waals surface area contributed by atoms with Gasteiger partial charge in [-0.05, 0) is 32.0 Å². The van der Waals surface area contributed by atoms with Crippen LogP contribution in [0.4, 0.5) is 4.79 Å². The van der Waals surface area contributed by atoms with Crippen molar-refractivity contribution in [2.45, 2.75) is 25.5 Å². The Labute approximate surface area is 113 Å². The average Bonchev–Trinajstić information content (AvgIpc) is 2.46. The molecule has 2 rings (SSSR count). The van der Waals surface area contributed by atoms with Crippen LogP contribution in [0, 0.1) is 0 Å². The van der Waals surface area contributed by atoms with Crippen molar-refractivity contribution in [1.29, 1.82) is 0 Å². The number of piperidine rings is 1. The predicted molar refractivity (Wildman–Crippen MR) is 72.2 cm³/mol. The molecule has 5 heteroatoms. The van der Waals surface area contributed by atoms with Crippen LogP contribution in [-0.4, -0.2) is 32.3 Å². The highest BCUT2D eigenvalue weighted by molar-refractivity contribution is 5.67. The van der Waals surface area contributed by atoms with Gasteiger partial charge in [-0.2, -0.15) is 0 Å². The van der Waals surface area contributed by atoms with Crippen LogP contribution in [-0.2, 0) is 11.3 Å². The molecule has 0 unspecified atom stereocenters. The molecule has 104 valence electrons. The molecule has 1 aliphatic heterocycles. The minimum absolute atomic E-state index is 0.214. The number of alkyl carbamates (subject to hydrolysis) is 1. The van der Waals surface area contributed by atoms with Crippen LogP contribution in [0.5, 0.6) is 5.75 Å². The van der Waals surface area contributed by atoms with Gasteiger partial charge in [0, 0.05) is 11.6 Å². The fourth-order valence-corrected chi connectivity index (χ4v) is 2.14. The van der Waals surface area contributed by atoms with E-state index in [-0.39, 0.29) is 18.7 Å². The largest absolute Gasteiger partial charge is 0.496 e. The molecule has 1 fully saturated rings. The lowest BCUT2D eigenvalue weighted by Crippen LogP contribution is -2.42.